The molecule has 0 aliphatic carbocycles. The molecule has 1 amide bonds. The molecule has 0 saturated carbocycles. The summed E-state index contributed by atoms with van der Waals surface area (Å²) in [4.78, 5) is 24.3. The molecule has 0 aliphatic heterocycles. The molecule has 138 valence electrons. The maximum Gasteiger partial charge on any atom is 0.387 e. The highest BCUT2D eigenvalue weighted by molar-refractivity contribution is 6.36. The number of carbonyl (C=O) groups is 2. The number of esters is 1. The van der Waals surface area contributed by atoms with E-state index in [1.165, 1.54) is 49.4 Å². The molecule has 0 heterocycles. The van der Waals surface area contributed by atoms with Crippen LogP contribution < -0.4 is 10.1 Å². The molecular weight excluding hydrogens is 391 g/mol. The lowest BCUT2D eigenvalue weighted by Crippen LogP contribution is -2.30. The van der Waals surface area contributed by atoms with E-state index in [0.717, 1.165) is 0 Å². The first-order valence-electron chi connectivity index (χ1n) is 7.28. The molecule has 1 N–H and O–H groups in total. The van der Waals surface area contributed by atoms with Gasteiger partial charge >= 0.3 is 12.6 Å². The number of carbonyl (C=O) groups excluding carboxylic acids is 2. The quantitative estimate of drug-likeness (QED) is 0.704. The summed E-state index contributed by atoms with van der Waals surface area (Å²) in [6.07, 6.45) is -1.21. The molecule has 0 bridgehead atoms. The highest BCUT2D eigenvalue weighted by Gasteiger charge is 2.23. The number of ether oxygens (including phenoxy) is 2. The average molecular weight is 404 g/mol. The van der Waals surface area contributed by atoms with Gasteiger partial charge in [0.25, 0.3) is 5.91 Å². The van der Waals surface area contributed by atoms with E-state index in [4.69, 9.17) is 27.9 Å². The second-order valence-electron chi connectivity index (χ2n) is 5.04. The van der Waals surface area contributed by atoms with E-state index in [0.29, 0.717) is 5.02 Å². The smallest absolute Gasteiger partial charge is 0.387 e. The SMILES string of the molecule is C[C@H](OC(=O)c1ccccc1OC(F)F)C(=O)Nc1ccc(Cl)cc1Cl. The summed E-state index contributed by atoms with van der Waals surface area (Å²) in [6, 6.07) is 9.77. The lowest BCUT2D eigenvalue weighted by atomic mass is 10.2. The summed E-state index contributed by atoms with van der Waals surface area (Å²) in [5.41, 5.74) is 0.0578. The van der Waals surface area contributed by atoms with Crippen molar-refractivity contribution in [3.05, 3.63) is 58.1 Å². The maximum absolute atomic E-state index is 12.4. The van der Waals surface area contributed by atoms with Gasteiger partial charge in [0.2, 0.25) is 0 Å². The van der Waals surface area contributed by atoms with Crippen molar-refractivity contribution in [3.8, 4) is 5.75 Å². The van der Waals surface area contributed by atoms with E-state index < -0.39 is 24.6 Å². The van der Waals surface area contributed by atoms with Gasteiger partial charge in [-0.2, -0.15) is 8.78 Å². The van der Waals surface area contributed by atoms with Gasteiger partial charge in [0.15, 0.2) is 6.10 Å². The number of hydrogen-bond donors (Lipinski definition) is 1. The fraction of sp³-hybridized carbons (Fsp3) is 0.176. The third-order valence-corrected chi connectivity index (χ3v) is 3.71. The van der Waals surface area contributed by atoms with E-state index >= 15 is 0 Å². The van der Waals surface area contributed by atoms with Crippen molar-refractivity contribution in [2.75, 3.05) is 5.32 Å². The van der Waals surface area contributed by atoms with E-state index in [1.807, 2.05) is 0 Å². The molecule has 2 aromatic rings. The summed E-state index contributed by atoms with van der Waals surface area (Å²) >= 11 is 11.7. The van der Waals surface area contributed by atoms with Gasteiger partial charge < -0.3 is 14.8 Å². The molecule has 0 saturated heterocycles. The minimum Gasteiger partial charge on any atom is -0.449 e. The topological polar surface area (TPSA) is 64.6 Å². The molecule has 9 heteroatoms. The van der Waals surface area contributed by atoms with Crippen LogP contribution in [-0.2, 0) is 9.53 Å². The number of nitrogens with one attached hydrogen (secondary N) is 1. The zero-order valence-electron chi connectivity index (χ0n) is 13.3. The van der Waals surface area contributed by atoms with Crippen molar-refractivity contribution >= 4 is 40.8 Å². The number of amides is 1. The van der Waals surface area contributed by atoms with Crippen LogP contribution in [0.25, 0.3) is 0 Å². The number of rotatable bonds is 6. The summed E-state index contributed by atoms with van der Waals surface area (Å²) < 4.78 is 34.1. The van der Waals surface area contributed by atoms with Gasteiger partial charge in [0.1, 0.15) is 11.3 Å². The van der Waals surface area contributed by atoms with Crippen LogP contribution in [0.5, 0.6) is 5.75 Å². The van der Waals surface area contributed by atoms with Gasteiger partial charge in [0, 0.05) is 5.02 Å². The van der Waals surface area contributed by atoms with Crippen LogP contribution in [0.3, 0.4) is 0 Å². The summed E-state index contributed by atoms with van der Waals surface area (Å²) in [5, 5.41) is 3.08. The van der Waals surface area contributed by atoms with Gasteiger partial charge in [-0.25, -0.2) is 4.79 Å². The largest absolute Gasteiger partial charge is 0.449 e. The Kier molecular flexibility index (Phi) is 6.76. The number of alkyl halides is 2. The molecule has 26 heavy (non-hydrogen) atoms. The van der Waals surface area contributed by atoms with Crippen LogP contribution in [0.15, 0.2) is 42.5 Å². The number of halogens is 4. The van der Waals surface area contributed by atoms with Crippen LogP contribution >= 0.6 is 23.2 Å². The van der Waals surface area contributed by atoms with E-state index in [-0.39, 0.29) is 22.0 Å². The predicted molar refractivity (Wildman–Crippen MR) is 93.0 cm³/mol. The summed E-state index contributed by atoms with van der Waals surface area (Å²) in [6.45, 7) is -1.77. The average Bonchev–Trinajstić information content (AvgIpc) is 2.57. The molecule has 2 rings (SSSR count). The highest BCUT2D eigenvalue weighted by Crippen LogP contribution is 2.26. The van der Waals surface area contributed by atoms with Crippen LogP contribution in [0.2, 0.25) is 10.0 Å². The maximum atomic E-state index is 12.4. The normalized spacial score (nSPS) is 11.8. The third-order valence-electron chi connectivity index (χ3n) is 3.17. The molecule has 0 radical (unpaired) electrons. The van der Waals surface area contributed by atoms with Gasteiger partial charge in [-0.15, -0.1) is 0 Å². The number of hydrogen-bond acceptors (Lipinski definition) is 4. The Balaban J connectivity index is 2.06. The molecule has 0 aliphatic rings. The molecule has 2 aromatic carbocycles. The third kappa shape index (κ3) is 5.31. The van der Waals surface area contributed by atoms with Crippen molar-refractivity contribution in [1.82, 2.24) is 0 Å². The van der Waals surface area contributed by atoms with Crippen molar-refractivity contribution in [3.63, 3.8) is 0 Å². The Bertz CT molecular complexity index is 817. The molecular formula is C17H13Cl2F2NO4. The fourth-order valence-corrected chi connectivity index (χ4v) is 2.39. The first kappa shape index (κ1) is 19.9. The van der Waals surface area contributed by atoms with E-state index in [1.54, 1.807) is 0 Å². The lowest BCUT2D eigenvalue weighted by Gasteiger charge is -2.15. The molecule has 0 spiro atoms. The van der Waals surface area contributed by atoms with Crippen LogP contribution in [0.1, 0.15) is 17.3 Å². The van der Waals surface area contributed by atoms with Crippen LogP contribution in [0, 0.1) is 0 Å². The Labute approximate surface area is 157 Å². The Morgan fingerprint density at radius 3 is 2.46 bits per heavy atom. The summed E-state index contributed by atoms with van der Waals surface area (Å²) in [5.74, 6) is -1.98. The van der Waals surface area contributed by atoms with Crippen molar-refractivity contribution < 1.29 is 27.8 Å². The minimum absolute atomic E-state index is 0.208. The first-order chi connectivity index (χ1) is 12.3. The number of benzene rings is 2. The Morgan fingerprint density at radius 1 is 1.12 bits per heavy atom. The molecule has 0 aromatic heterocycles. The lowest BCUT2D eigenvalue weighted by molar-refractivity contribution is -0.123. The Hall–Kier alpha value is -2.38. The van der Waals surface area contributed by atoms with Crippen molar-refractivity contribution in [2.45, 2.75) is 19.6 Å². The zero-order valence-corrected chi connectivity index (χ0v) is 14.9. The van der Waals surface area contributed by atoms with Crippen molar-refractivity contribution in [2.24, 2.45) is 0 Å². The summed E-state index contributed by atoms with van der Waals surface area (Å²) in [7, 11) is 0. The standard InChI is InChI=1S/C17H13Cl2F2NO4/c1-9(15(23)22-13-7-6-10(18)8-12(13)19)25-16(24)11-4-2-3-5-14(11)26-17(20)21/h2-9,17H,1H3,(H,22,23)/t9-/m0/s1. The zero-order chi connectivity index (χ0) is 19.3. The van der Waals surface area contributed by atoms with E-state index in [2.05, 4.69) is 10.1 Å². The van der Waals surface area contributed by atoms with Gasteiger partial charge in [-0.05, 0) is 37.3 Å². The second kappa shape index (κ2) is 8.82. The molecule has 0 unspecified atom stereocenters. The predicted octanol–water partition coefficient (Wildman–Crippen LogP) is 4.78. The molecule has 5 nitrogen and oxygen atoms in total. The van der Waals surface area contributed by atoms with Gasteiger partial charge in [-0.1, -0.05) is 35.3 Å². The molecule has 0 fully saturated rings. The van der Waals surface area contributed by atoms with Crippen LogP contribution in [-0.4, -0.2) is 24.6 Å². The minimum atomic E-state index is -3.10. The number of anilines is 1. The van der Waals surface area contributed by atoms with E-state index in [9.17, 15) is 18.4 Å². The number of para-hydroxylation sites is 1. The molecule has 1 atom stereocenters. The fourth-order valence-electron chi connectivity index (χ4n) is 1.94. The second-order valence-corrected chi connectivity index (χ2v) is 5.88. The van der Waals surface area contributed by atoms with Gasteiger partial charge in [-0.3, -0.25) is 4.79 Å². The Morgan fingerprint density at radius 2 is 1.81 bits per heavy atom. The monoisotopic (exact) mass is 403 g/mol. The van der Waals surface area contributed by atoms with Crippen molar-refractivity contribution in [1.29, 1.82) is 0 Å². The highest BCUT2D eigenvalue weighted by atomic mass is 35.5. The van der Waals surface area contributed by atoms with Crippen LogP contribution in [0.4, 0.5) is 14.5 Å². The van der Waals surface area contributed by atoms with Gasteiger partial charge in [0.05, 0.1) is 10.7 Å². The first-order valence-corrected chi connectivity index (χ1v) is 8.04.